The predicted octanol–water partition coefficient (Wildman–Crippen LogP) is 3.46. The van der Waals surface area contributed by atoms with Crippen LogP contribution in [-0.4, -0.2) is 29.8 Å². The summed E-state index contributed by atoms with van der Waals surface area (Å²) in [7, 11) is 0. The van der Waals surface area contributed by atoms with Crippen molar-refractivity contribution in [2.24, 2.45) is 0 Å². The fraction of sp³-hybridized carbons (Fsp3) is 0.600. The molecule has 2 fully saturated rings. The van der Waals surface area contributed by atoms with E-state index in [9.17, 15) is 0 Å². The van der Waals surface area contributed by atoms with Gasteiger partial charge in [-0.15, -0.1) is 0 Å². The zero-order valence-corrected chi connectivity index (χ0v) is 11.8. The first kappa shape index (κ1) is 12.4. The van der Waals surface area contributed by atoms with E-state index in [1.165, 1.54) is 29.2 Å². The number of rotatable bonds is 2. The van der Waals surface area contributed by atoms with Crippen LogP contribution in [0.15, 0.2) is 24.3 Å². The van der Waals surface area contributed by atoms with Crippen LogP contribution >= 0.6 is 11.8 Å². The van der Waals surface area contributed by atoms with E-state index in [-0.39, 0.29) is 5.60 Å². The average molecular weight is 263 g/mol. The minimum absolute atomic E-state index is 0.171. The summed E-state index contributed by atoms with van der Waals surface area (Å²) in [4.78, 5) is 0. The van der Waals surface area contributed by atoms with Crippen LogP contribution in [0.4, 0.5) is 5.69 Å². The van der Waals surface area contributed by atoms with Crippen molar-refractivity contribution in [3.63, 3.8) is 0 Å². The van der Waals surface area contributed by atoms with Gasteiger partial charge in [0.15, 0.2) is 0 Å². The third-order valence-corrected chi connectivity index (χ3v) is 5.17. The molecule has 2 saturated heterocycles. The molecule has 0 amide bonds. The summed E-state index contributed by atoms with van der Waals surface area (Å²) in [6.07, 6.45) is 3.51. The zero-order chi connectivity index (χ0) is 12.4. The minimum atomic E-state index is 0.171. The summed E-state index contributed by atoms with van der Waals surface area (Å²) < 4.78 is 6.06. The number of nitrogens with one attached hydrogen (secondary N) is 1. The lowest BCUT2D eigenvalue weighted by atomic mass is 9.89. The van der Waals surface area contributed by atoms with E-state index in [0.29, 0.717) is 6.04 Å². The molecular formula is C15H21NOS. The summed E-state index contributed by atoms with van der Waals surface area (Å²) >= 11 is 2.04. The number of hydrogen-bond acceptors (Lipinski definition) is 3. The van der Waals surface area contributed by atoms with Crippen molar-refractivity contribution >= 4 is 17.4 Å². The molecule has 98 valence electrons. The highest BCUT2D eigenvalue weighted by Crippen LogP contribution is 2.38. The van der Waals surface area contributed by atoms with Crippen LogP contribution in [0.5, 0.6) is 0 Å². The van der Waals surface area contributed by atoms with Crippen molar-refractivity contribution < 1.29 is 4.74 Å². The van der Waals surface area contributed by atoms with Gasteiger partial charge in [0.1, 0.15) is 0 Å². The molecule has 1 N–H and O–H groups in total. The van der Waals surface area contributed by atoms with E-state index in [0.717, 1.165) is 19.4 Å². The molecule has 2 nitrogen and oxygen atoms in total. The fourth-order valence-corrected chi connectivity index (χ4v) is 4.36. The molecule has 0 bridgehead atoms. The Labute approximate surface area is 113 Å². The number of anilines is 1. The van der Waals surface area contributed by atoms with Crippen LogP contribution in [0.25, 0.3) is 0 Å². The van der Waals surface area contributed by atoms with Crippen molar-refractivity contribution in [1.29, 1.82) is 0 Å². The van der Waals surface area contributed by atoms with Gasteiger partial charge in [-0.3, -0.25) is 0 Å². The van der Waals surface area contributed by atoms with Crippen molar-refractivity contribution in [2.75, 3.05) is 23.4 Å². The number of benzene rings is 1. The first-order valence-electron chi connectivity index (χ1n) is 6.81. The first-order valence-corrected chi connectivity index (χ1v) is 7.96. The Morgan fingerprint density at radius 2 is 2.39 bits per heavy atom. The second-order valence-corrected chi connectivity index (χ2v) is 6.64. The van der Waals surface area contributed by atoms with Gasteiger partial charge in [-0.25, -0.2) is 0 Å². The van der Waals surface area contributed by atoms with E-state index < -0.39 is 0 Å². The zero-order valence-electron chi connectivity index (χ0n) is 10.9. The molecule has 0 saturated carbocycles. The molecule has 1 aromatic rings. The van der Waals surface area contributed by atoms with Crippen molar-refractivity contribution in [1.82, 2.24) is 0 Å². The molecule has 2 atom stereocenters. The van der Waals surface area contributed by atoms with Crippen LogP contribution < -0.4 is 5.32 Å². The molecule has 1 aromatic carbocycles. The predicted molar refractivity (Wildman–Crippen MR) is 78.4 cm³/mol. The molecule has 2 aliphatic rings. The maximum atomic E-state index is 6.06. The molecule has 3 heteroatoms. The molecule has 0 aliphatic carbocycles. The van der Waals surface area contributed by atoms with Gasteiger partial charge >= 0.3 is 0 Å². The van der Waals surface area contributed by atoms with Gasteiger partial charge in [0.25, 0.3) is 0 Å². The molecule has 0 radical (unpaired) electrons. The van der Waals surface area contributed by atoms with Crippen molar-refractivity contribution in [3.05, 3.63) is 29.8 Å². The Kier molecular flexibility index (Phi) is 3.53. The Bertz CT molecular complexity index is 415. The summed E-state index contributed by atoms with van der Waals surface area (Å²) in [5.41, 5.74) is 2.74. The Morgan fingerprint density at radius 1 is 1.44 bits per heavy atom. The van der Waals surface area contributed by atoms with Gasteiger partial charge in [0, 0.05) is 24.1 Å². The SMILES string of the molecule is Cc1cccc(NC2CCOC3(CCSC3)C2)c1. The van der Waals surface area contributed by atoms with Crippen LogP contribution in [0.2, 0.25) is 0 Å². The maximum Gasteiger partial charge on any atom is 0.0799 e. The molecule has 2 unspecified atom stereocenters. The molecule has 18 heavy (non-hydrogen) atoms. The maximum absolute atomic E-state index is 6.06. The number of thioether (sulfide) groups is 1. The van der Waals surface area contributed by atoms with E-state index >= 15 is 0 Å². The monoisotopic (exact) mass is 263 g/mol. The van der Waals surface area contributed by atoms with Crippen LogP contribution in [0, 0.1) is 6.92 Å². The number of aryl methyl sites for hydroxylation is 1. The van der Waals surface area contributed by atoms with Gasteiger partial charge in [-0.2, -0.15) is 11.8 Å². The largest absolute Gasteiger partial charge is 0.382 e. The van der Waals surface area contributed by atoms with Gasteiger partial charge < -0.3 is 10.1 Å². The Morgan fingerprint density at radius 3 is 3.17 bits per heavy atom. The normalized spacial score (nSPS) is 31.7. The van der Waals surface area contributed by atoms with Gasteiger partial charge in [-0.05, 0) is 49.6 Å². The third kappa shape index (κ3) is 2.67. The summed E-state index contributed by atoms with van der Waals surface area (Å²) in [5, 5.41) is 3.68. The lowest BCUT2D eigenvalue weighted by Crippen LogP contribution is -2.44. The quantitative estimate of drug-likeness (QED) is 0.883. The van der Waals surface area contributed by atoms with E-state index in [2.05, 4.69) is 36.5 Å². The van der Waals surface area contributed by atoms with Gasteiger partial charge in [0.2, 0.25) is 0 Å². The van der Waals surface area contributed by atoms with E-state index in [4.69, 9.17) is 4.74 Å². The number of ether oxygens (including phenoxy) is 1. The Hall–Kier alpha value is -0.670. The van der Waals surface area contributed by atoms with E-state index in [1.807, 2.05) is 11.8 Å². The highest BCUT2D eigenvalue weighted by atomic mass is 32.2. The Balaban J connectivity index is 1.66. The smallest absolute Gasteiger partial charge is 0.0799 e. The highest BCUT2D eigenvalue weighted by molar-refractivity contribution is 7.99. The lowest BCUT2D eigenvalue weighted by Gasteiger charge is -2.38. The van der Waals surface area contributed by atoms with Gasteiger partial charge in [-0.1, -0.05) is 12.1 Å². The third-order valence-electron chi connectivity index (χ3n) is 3.95. The summed E-state index contributed by atoms with van der Waals surface area (Å²) in [6.45, 7) is 3.05. The van der Waals surface area contributed by atoms with Crippen LogP contribution in [-0.2, 0) is 4.74 Å². The first-order chi connectivity index (χ1) is 8.76. The molecular weight excluding hydrogens is 242 g/mol. The van der Waals surface area contributed by atoms with Gasteiger partial charge in [0.05, 0.1) is 5.60 Å². The molecule has 1 spiro atoms. The van der Waals surface area contributed by atoms with Crippen LogP contribution in [0.3, 0.4) is 0 Å². The summed E-state index contributed by atoms with van der Waals surface area (Å²) in [5.74, 6) is 2.44. The fourth-order valence-electron chi connectivity index (χ4n) is 2.98. The second-order valence-electron chi connectivity index (χ2n) is 5.54. The van der Waals surface area contributed by atoms with Crippen molar-refractivity contribution in [2.45, 2.75) is 37.8 Å². The molecule has 3 rings (SSSR count). The summed E-state index contributed by atoms with van der Waals surface area (Å²) in [6, 6.07) is 9.23. The van der Waals surface area contributed by atoms with E-state index in [1.54, 1.807) is 0 Å². The second kappa shape index (κ2) is 5.14. The standard InChI is InChI=1S/C15H21NOS/c1-12-3-2-4-13(9-12)16-14-5-7-17-15(10-14)6-8-18-11-15/h2-4,9,14,16H,5-8,10-11H2,1H3. The molecule has 0 aromatic heterocycles. The topological polar surface area (TPSA) is 21.3 Å². The van der Waals surface area contributed by atoms with Crippen LogP contribution in [0.1, 0.15) is 24.8 Å². The molecule has 2 aliphatic heterocycles. The number of hydrogen-bond donors (Lipinski definition) is 1. The highest BCUT2D eigenvalue weighted by Gasteiger charge is 2.40. The minimum Gasteiger partial charge on any atom is -0.382 e. The molecule has 2 heterocycles. The average Bonchev–Trinajstić information content (AvgIpc) is 2.77. The lowest BCUT2D eigenvalue weighted by molar-refractivity contribution is -0.0628. The van der Waals surface area contributed by atoms with Crippen molar-refractivity contribution in [3.8, 4) is 0 Å².